The van der Waals surface area contributed by atoms with E-state index in [1.165, 1.54) is 36.2 Å². The van der Waals surface area contributed by atoms with E-state index < -0.39 is 0 Å². The summed E-state index contributed by atoms with van der Waals surface area (Å²) in [6.45, 7) is 1.76. The first-order valence-corrected chi connectivity index (χ1v) is 6.21. The first-order valence-electron chi connectivity index (χ1n) is 6.21. The molecule has 3 nitrogen and oxygen atoms in total. The number of rotatable bonds is 6. The third kappa shape index (κ3) is 2.89. The monoisotopic (exact) mass is 219 g/mol. The highest BCUT2D eigenvalue weighted by molar-refractivity contribution is 5.55. The van der Waals surface area contributed by atoms with Gasteiger partial charge >= 0.3 is 0 Å². The van der Waals surface area contributed by atoms with Gasteiger partial charge in [0, 0.05) is 11.4 Å². The molecule has 1 aliphatic heterocycles. The lowest BCUT2D eigenvalue weighted by atomic mass is 10.1. The van der Waals surface area contributed by atoms with Crippen LogP contribution >= 0.6 is 0 Å². The Morgan fingerprint density at radius 2 is 2.06 bits per heavy atom. The summed E-state index contributed by atoms with van der Waals surface area (Å²) in [6.07, 6.45) is 10.3. The largest absolute Gasteiger partial charge is 0.385 e. The first kappa shape index (κ1) is 11.3. The fourth-order valence-corrected chi connectivity index (χ4v) is 2.13. The van der Waals surface area contributed by atoms with Crippen molar-refractivity contribution in [2.45, 2.75) is 38.6 Å². The van der Waals surface area contributed by atoms with Crippen LogP contribution in [-0.2, 0) is 13.0 Å². The third-order valence-corrected chi connectivity index (χ3v) is 3.05. The van der Waals surface area contributed by atoms with Gasteiger partial charge in [0.1, 0.15) is 0 Å². The van der Waals surface area contributed by atoms with Crippen molar-refractivity contribution in [2.24, 2.45) is 5.73 Å². The van der Waals surface area contributed by atoms with Gasteiger partial charge in [0.05, 0.1) is 6.54 Å². The van der Waals surface area contributed by atoms with Crippen LogP contribution < -0.4 is 11.1 Å². The Balaban J connectivity index is 1.77. The third-order valence-electron chi connectivity index (χ3n) is 3.05. The second-order valence-corrected chi connectivity index (χ2v) is 4.40. The predicted molar refractivity (Wildman–Crippen MR) is 67.9 cm³/mol. The van der Waals surface area contributed by atoms with Crippen LogP contribution in [0.2, 0.25) is 0 Å². The van der Waals surface area contributed by atoms with E-state index in [1.807, 2.05) is 6.20 Å². The minimum absolute atomic E-state index is 0.827. The zero-order chi connectivity index (χ0) is 11.2. The standard InChI is InChI=1S/C13H21N3/c14-7-4-2-1-3-5-12-9-11-6-8-15-10-13(11)16-12/h6,8-9,15-16H,1-5,7,10,14H2. The van der Waals surface area contributed by atoms with Gasteiger partial charge in [-0.3, -0.25) is 0 Å². The molecular weight excluding hydrogens is 198 g/mol. The maximum atomic E-state index is 5.47. The van der Waals surface area contributed by atoms with Crippen LogP contribution in [0, 0.1) is 0 Å². The molecule has 4 N–H and O–H groups in total. The Kier molecular flexibility index (Phi) is 4.05. The summed E-state index contributed by atoms with van der Waals surface area (Å²) in [6, 6.07) is 2.27. The average molecular weight is 219 g/mol. The van der Waals surface area contributed by atoms with Crippen LogP contribution in [0.4, 0.5) is 0 Å². The Morgan fingerprint density at radius 3 is 2.88 bits per heavy atom. The molecule has 0 aliphatic carbocycles. The summed E-state index contributed by atoms with van der Waals surface area (Å²) in [5.41, 5.74) is 9.50. The minimum Gasteiger partial charge on any atom is -0.385 e. The SMILES string of the molecule is NCCCCCCc1cc2c([nH]1)CNC=C2. The zero-order valence-electron chi connectivity index (χ0n) is 9.76. The van der Waals surface area contributed by atoms with E-state index >= 15 is 0 Å². The Labute approximate surface area is 97.1 Å². The van der Waals surface area contributed by atoms with Crippen LogP contribution in [0.1, 0.15) is 42.6 Å². The lowest BCUT2D eigenvalue weighted by Crippen LogP contribution is -2.09. The number of nitrogens with one attached hydrogen (secondary N) is 2. The summed E-state index contributed by atoms with van der Waals surface area (Å²) in [5.74, 6) is 0. The van der Waals surface area contributed by atoms with Crippen LogP contribution in [0.15, 0.2) is 12.3 Å². The molecule has 1 aromatic rings. The van der Waals surface area contributed by atoms with E-state index in [4.69, 9.17) is 5.73 Å². The molecule has 0 spiro atoms. The van der Waals surface area contributed by atoms with Crippen LogP contribution in [0.5, 0.6) is 0 Å². The van der Waals surface area contributed by atoms with Crippen LogP contribution in [-0.4, -0.2) is 11.5 Å². The van der Waals surface area contributed by atoms with E-state index in [9.17, 15) is 0 Å². The molecule has 0 aromatic carbocycles. The number of aryl methyl sites for hydroxylation is 1. The summed E-state index contributed by atoms with van der Waals surface area (Å²) in [4.78, 5) is 3.49. The molecule has 2 heterocycles. The molecule has 1 aromatic heterocycles. The van der Waals surface area contributed by atoms with Gasteiger partial charge in [-0.05, 0) is 49.7 Å². The molecule has 0 fully saturated rings. The van der Waals surface area contributed by atoms with Crippen molar-refractivity contribution >= 4 is 6.08 Å². The van der Waals surface area contributed by atoms with Crippen molar-refractivity contribution < 1.29 is 0 Å². The molecule has 3 heteroatoms. The molecule has 0 atom stereocenters. The van der Waals surface area contributed by atoms with Gasteiger partial charge in [-0.1, -0.05) is 12.8 Å². The second-order valence-electron chi connectivity index (χ2n) is 4.40. The van der Waals surface area contributed by atoms with Gasteiger partial charge in [0.15, 0.2) is 0 Å². The van der Waals surface area contributed by atoms with Gasteiger partial charge in [-0.2, -0.15) is 0 Å². The Hall–Kier alpha value is -1.22. The number of unbranched alkanes of at least 4 members (excludes halogenated alkanes) is 3. The Morgan fingerprint density at radius 1 is 1.19 bits per heavy atom. The van der Waals surface area contributed by atoms with Gasteiger partial charge in [-0.15, -0.1) is 0 Å². The molecule has 88 valence electrons. The highest BCUT2D eigenvalue weighted by Crippen LogP contribution is 2.17. The van der Waals surface area contributed by atoms with E-state index in [0.717, 1.165) is 25.9 Å². The van der Waals surface area contributed by atoms with Crippen molar-refractivity contribution in [3.8, 4) is 0 Å². The number of fused-ring (bicyclic) bond motifs is 1. The molecule has 0 saturated heterocycles. The van der Waals surface area contributed by atoms with Crippen molar-refractivity contribution in [2.75, 3.05) is 6.54 Å². The van der Waals surface area contributed by atoms with Gasteiger partial charge in [0.25, 0.3) is 0 Å². The van der Waals surface area contributed by atoms with Crippen molar-refractivity contribution in [3.05, 3.63) is 29.2 Å². The lowest BCUT2D eigenvalue weighted by molar-refractivity contribution is 0.642. The summed E-state index contributed by atoms with van der Waals surface area (Å²) >= 11 is 0. The fourth-order valence-electron chi connectivity index (χ4n) is 2.13. The highest BCUT2D eigenvalue weighted by Gasteiger charge is 2.07. The molecular formula is C13H21N3. The number of aromatic nitrogens is 1. The zero-order valence-corrected chi connectivity index (χ0v) is 9.76. The maximum absolute atomic E-state index is 5.47. The van der Waals surface area contributed by atoms with Crippen molar-refractivity contribution in [3.63, 3.8) is 0 Å². The normalized spacial score (nSPS) is 13.6. The quantitative estimate of drug-likeness (QED) is 0.642. The Bertz CT molecular complexity index is 352. The van der Waals surface area contributed by atoms with Gasteiger partial charge in [-0.25, -0.2) is 0 Å². The molecule has 1 aliphatic rings. The first-order chi connectivity index (χ1) is 7.90. The van der Waals surface area contributed by atoms with E-state index in [1.54, 1.807) is 0 Å². The van der Waals surface area contributed by atoms with Gasteiger partial charge in [0.2, 0.25) is 0 Å². The van der Waals surface area contributed by atoms with Crippen LogP contribution in [0.3, 0.4) is 0 Å². The number of H-pyrrole nitrogens is 1. The van der Waals surface area contributed by atoms with Crippen molar-refractivity contribution in [1.82, 2.24) is 10.3 Å². The molecule has 0 saturated carbocycles. The molecule has 16 heavy (non-hydrogen) atoms. The van der Waals surface area contributed by atoms with E-state index in [-0.39, 0.29) is 0 Å². The number of aromatic amines is 1. The van der Waals surface area contributed by atoms with E-state index in [2.05, 4.69) is 22.4 Å². The van der Waals surface area contributed by atoms with Crippen LogP contribution in [0.25, 0.3) is 6.08 Å². The summed E-state index contributed by atoms with van der Waals surface area (Å²) in [7, 11) is 0. The topological polar surface area (TPSA) is 53.8 Å². The maximum Gasteiger partial charge on any atom is 0.0551 e. The molecule has 0 radical (unpaired) electrons. The van der Waals surface area contributed by atoms with Crippen molar-refractivity contribution in [1.29, 1.82) is 0 Å². The number of hydrogen-bond donors (Lipinski definition) is 3. The highest BCUT2D eigenvalue weighted by atomic mass is 14.9. The molecule has 2 rings (SSSR count). The second kappa shape index (κ2) is 5.75. The minimum atomic E-state index is 0.827. The molecule has 0 amide bonds. The lowest BCUT2D eigenvalue weighted by Gasteiger charge is -2.05. The molecule has 0 unspecified atom stereocenters. The summed E-state index contributed by atoms with van der Waals surface area (Å²) < 4.78 is 0. The van der Waals surface area contributed by atoms with Gasteiger partial charge < -0.3 is 16.0 Å². The predicted octanol–water partition coefficient (Wildman–Crippen LogP) is 2.15. The van der Waals surface area contributed by atoms with E-state index in [0.29, 0.717) is 0 Å². The fraction of sp³-hybridized carbons (Fsp3) is 0.538. The summed E-state index contributed by atoms with van der Waals surface area (Å²) in [5, 5.41) is 3.21. The average Bonchev–Trinajstić information content (AvgIpc) is 2.71. The molecule has 0 bridgehead atoms. The number of hydrogen-bond acceptors (Lipinski definition) is 2. The smallest absolute Gasteiger partial charge is 0.0551 e. The number of nitrogens with two attached hydrogens (primary N) is 1.